The zero-order valence-electron chi connectivity index (χ0n) is 11.5. The van der Waals surface area contributed by atoms with Crippen LogP contribution in [0.15, 0.2) is 30.3 Å². The summed E-state index contributed by atoms with van der Waals surface area (Å²) in [5.74, 6) is -0.607. The van der Waals surface area contributed by atoms with Crippen LogP contribution in [-0.2, 0) is 0 Å². The van der Waals surface area contributed by atoms with Crippen LogP contribution in [0, 0.1) is 10.1 Å². The molecule has 0 saturated heterocycles. The quantitative estimate of drug-likeness (QED) is 0.468. The Bertz CT molecular complexity index is 990. The van der Waals surface area contributed by atoms with Crippen LogP contribution in [0.3, 0.4) is 0 Å². The van der Waals surface area contributed by atoms with Crippen molar-refractivity contribution in [2.75, 3.05) is 5.32 Å². The second-order valence-electron chi connectivity index (χ2n) is 4.63. The van der Waals surface area contributed by atoms with Gasteiger partial charge in [-0.2, -0.15) is 0 Å². The molecule has 0 radical (unpaired) electrons. The van der Waals surface area contributed by atoms with Crippen molar-refractivity contribution < 1.29 is 9.72 Å². The molecule has 0 saturated carbocycles. The van der Waals surface area contributed by atoms with Crippen molar-refractivity contribution in [2.24, 2.45) is 0 Å². The van der Waals surface area contributed by atoms with E-state index in [2.05, 4.69) is 10.3 Å². The molecule has 0 bridgehead atoms. The minimum Gasteiger partial charge on any atom is -0.298 e. The van der Waals surface area contributed by atoms with Gasteiger partial charge in [0, 0.05) is 17.2 Å². The summed E-state index contributed by atoms with van der Waals surface area (Å²) >= 11 is 19.1. The number of aromatic nitrogens is 1. The molecule has 24 heavy (non-hydrogen) atoms. The highest BCUT2D eigenvalue weighted by molar-refractivity contribution is 7.22. The summed E-state index contributed by atoms with van der Waals surface area (Å²) in [5, 5.41) is 14.6. The number of halogens is 3. The third-order valence-electron chi connectivity index (χ3n) is 3.04. The predicted molar refractivity (Wildman–Crippen MR) is 95.7 cm³/mol. The van der Waals surface area contributed by atoms with Crippen LogP contribution in [0.25, 0.3) is 10.2 Å². The number of hydrogen-bond acceptors (Lipinski definition) is 5. The Morgan fingerprint density at radius 2 is 1.92 bits per heavy atom. The minimum atomic E-state index is -0.607. The van der Waals surface area contributed by atoms with Gasteiger partial charge in [-0.1, -0.05) is 46.1 Å². The molecule has 6 nitrogen and oxygen atoms in total. The second kappa shape index (κ2) is 6.52. The molecule has 3 aromatic rings. The Kier molecular flexibility index (Phi) is 4.60. The Balaban J connectivity index is 1.94. The number of nitrogens with one attached hydrogen (secondary N) is 1. The van der Waals surface area contributed by atoms with E-state index in [9.17, 15) is 14.9 Å². The van der Waals surface area contributed by atoms with Crippen molar-refractivity contribution in [3.63, 3.8) is 0 Å². The lowest BCUT2D eigenvalue weighted by molar-refractivity contribution is -0.384. The van der Waals surface area contributed by atoms with Gasteiger partial charge in [0.25, 0.3) is 11.6 Å². The van der Waals surface area contributed by atoms with Crippen molar-refractivity contribution in [3.05, 3.63) is 61.1 Å². The van der Waals surface area contributed by atoms with E-state index in [1.165, 1.54) is 23.5 Å². The molecule has 0 unspecified atom stereocenters. The third-order valence-corrected chi connectivity index (χ3v) is 4.79. The van der Waals surface area contributed by atoms with Crippen molar-refractivity contribution in [2.45, 2.75) is 0 Å². The van der Waals surface area contributed by atoms with Crippen LogP contribution in [0.4, 0.5) is 10.8 Å². The number of anilines is 1. The average molecular weight is 403 g/mol. The molecule has 3 rings (SSSR count). The van der Waals surface area contributed by atoms with Crippen molar-refractivity contribution in [1.82, 2.24) is 4.98 Å². The zero-order chi connectivity index (χ0) is 17.4. The summed E-state index contributed by atoms with van der Waals surface area (Å²) in [6.07, 6.45) is 0. The van der Waals surface area contributed by atoms with Crippen LogP contribution in [0.1, 0.15) is 10.4 Å². The van der Waals surface area contributed by atoms with Crippen molar-refractivity contribution in [1.29, 1.82) is 0 Å². The largest absolute Gasteiger partial charge is 0.298 e. The van der Waals surface area contributed by atoms with Gasteiger partial charge in [-0.3, -0.25) is 20.2 Å². The fraction of sp³-hybridized carbons (Fsp3) is 0. The van der Waals surface area contributed by atoms with Gasteiger partial charge in [0.05, 0.1) is 25.2 Å². The number of rotatable bonds is 3. The summed E-state index contributed by atoms with van der Waals surface area (Å²) in [6.45, 7) is 0. The number of fused-ring (bicyclic) bond motifs is 1. The van der Waals surface area contributed by atoms with Gasteiger partial charge in [-0.25, -0.2) is 4.98 Å². The molecule has 1 heterocycles. The maximum absolute atomic E-state index is 12.3. The summed E-state index contributed by atoms with van der Waals surface area (Å²) in [4.78, 5) is 26.8. The highest BCUT2D eigenvalue weighted by atomic mass is 35.5. The SMILES string of the molecule is O=C(Nc1nc2c(Cl)cc(Cl)cc2s1)c1cc([N+](=O)[O-])ccc1Cl. The summed E-state index contributed by atoms with van der Waals surface area (Å²) in [7, 11) is 0. The van der Waals surface area contributed by atoms with Gasteiger partial charge < -0.3 is 0 Å². The van der Waals surface area contributed by atoms with Crippen LogP contribution in [0.5, 0.6) is 0 Å². The number of nitro groups is 1. The van der Waals surface area contributed by atoms with Crippen LogP contribution in [-0.4, -0.2) is 15.8 Å². The molecule has 0 spiro atoms. The lowest BCUT2D eigenvalue weighted by Gasteiger charge is -2.03. The zero-order valence-corrected chi connectivity index (χ0v) is 14.6. The van der Waals surface area contributed by atoms with Crippen LogP contribution < -0.4 is 5.32 Å². The fourth-order valence-electron chi connectivity index (χ4n) is 1.98. The lowest BCUT2D eigenvalue weighted by Crippen LogP contribution is -2.12. The Morgan fingerprint density at radius 3 is 2.62 bits per heavy atom. The van der Waals surface area contributed by atoms with E-state index >= 15 is 0 Å². The van der Waals surface area contributed by atoms with Crippen LogP contribution in [0.2, 0.25) is 15.1 Å². The van der Waals surface area contributed by atoms with E-state index in [1.54, 1.807) is 12.1 Å². The summed E-state index contributed by atoms with van der Waals surface area (Å²) < 4.78 is 0.702. The smallest absolute Gasteiger partial charge is 0.270 e. The van der Waals surface area contributed by atoms with E-state index in [-0.39, 0.29) is 21.4 Å². The van der Waals surface area contributed by atoms with Gasteiger partial charge >= 0.3 is 0 Å². The molecule has 1 amide bonds. The molecule has 0 aliphatic rings. The van der Waals surface area contributed by atoms with Crippen molar-refractivity contribution >= 4 is 73.1 Å². The number of nitrogens with zero attached hydrogens (tertiary/aromatic N) is 2. The molecule has 0 aliphatic heterocycles. The van der Waals surface area contributed by atoms with Gasteiger partial charge in [0.2, 0.25) is 0 Å². The van der Waals surface area contributed by atoms with E-state index in [4.69, 9.17) is 34.8 Å². The van der Waals surface area contributed by atoms with Crippen LogP contribution >= 0.6 is 46.1 Å². The summed E-state index contributed by atoms with van der Waals surface area (Å²) in [6, 6.07) is 6.85. The number of thiazole rings is 1. The third kappa shape index (κ3) is 3.29. The van der Waals surface area contributed by atoms with Gasteiger partial charge in [-0.05, 0) is 18.2 Å². The molecule has 0 atom stereocenters. The minimum absolute atomic E-state index is 0.0192. The summed E-state index contributed by atoms with van der Waals surface area (Å²) in [5.41, 5.74) is 0.254. The number of non-ortho nitro benzene ring substituents is 1. The molecule has 0 aliphatic carbocycles. The van der Waals surface area contributed by atoms with Gasteiger partial charge in [0.1, 0.15) is 5.52 Å². The molecular weight excluding hydrogens is 397 g/mol. The predicted octanol–water partition coefficient (Wildman–Crippen LogP) is 5.42. The molecule has 2 aromatic carbocycles. The van der Waals surface area contributed by atoms with E-state index in [1.807, 2.05) is 0 Å². The number of hydrogen-bond donors (Lipinski definition) is 1. The molecule has 122 valence electrons. The first-order valence-corrected chi connectivity index (χ1v) is 8.31. The fourth-order valence-corrected chi connectivity index (χ4v) is 3.76. The molecule has 0 fully saturated rings. The number of carbonyl (C=O) groups is 1. The van der Waals surface area contributed by atoms with E-state index in [0.29, 0.717) is 20.3 Å². The number of carbonyl (C=O) groups excluding carboxylic acids is 1. The molecular formula is C14H6Cl3N3O3S. The Labute approximate surface area is 154 Å². The maximum atomic E-state index is 12.3. The van der Waals surface area contributed by atoms with Gasteiger partial charge in [0.15, 0.2) is 5.13 Å². The molecule has 10 heteroatoms. The first-order valence-electron chi connectivity index (χ1n) is 6.36. The topological polar surface area (TPSA) is 85.1 Å². The monoisotopic (exact) mass is 401 g/mol. The first-order chi connectivity index (χ1) is 11.3. The molecule has 1 N–H and O–H groups in total. The number of benzene rings is 2. The van der Waals surface area contributed by atoms with E-state index in [0.717, 1.165) is 6.07 Å². The first kappa shape index (κ1) is 16.9. The standard InChI is InChI=1S/C14H6Cl3N3O3S/c15-6-3-10(17)12-11(4-6)24-14(18-12)19-13(21)8-5-7(20(22)23)1-2-9(8)16/h1-5H,(H,18,19,21). The highest BCUT2D eigenvalue weighted by Crippen LogP contribution is 2.34. The second-order valence-corrected chi connectivity index (χ2v) is 6.91. The Morgan fingerprint density at radius 1 is 1.17 bits per heavy atom. The lowest BCUT2D eigenvalue weighted by atomic mass is 10.2. The normalized spacial score (nSPS) is 10.8. The Hall–Kier alpha value is -1.93. The molecule has 1 aromatic heterocycles. The number of nitro benzene ring substituents is 1. The highest BCUT2D eigenvalue weighted by Gasteiger charge is 2.18. The maximum Gasteiger partial charge on any atom is 0.270 e. The average Bonchev–Trinajstić information content (AvgIpc) is 2.89. The number of amides is 1. The van der Waals surface area contributed by atoms with Gasteiger partial charge in [-0.15, -0.1) is 0 Å². The van der Waals surface area contributed by atoms with Crippen molar-refractivity contribution in [3.8, 4) is 0 Å². The van der Waals surface area contributed by atoms with E-state index < -0.39 is 10.8 Å².